The molecule has 0 spiro atoms. The fourth-order valence-electron chi connectivity index (χ4n) is 4.04. The molecule has 0 aliphatic heterocycles. The molecule has 176 valence electrons. The van der Waals surface area contributed by atoms with Gasteiger partial charge in [-0.05, 0) is 44.7 Å². The smallest absolute Gasteiger partial charge is 0.224 e. The van der Waals surface area contributed by atoms with Gasteiger partial charge in [-0.25, -0.2) is 9.97 Å². The Labute approximate surface area is 205 Å². The van der Waals surface area contributed by atoms with E-state index in [4.69, 9.17) is 40.5 Å². The number of fused-ring (bicyclic) bond motifs is 1. The highest BCUT2D eigenvalue weighted by Gasteiger charge is 2.29. The van der Waals surface area contributed by atoms with Crippen LogP contribution in [0.1, 0.15) is 38.6 Å². The van der Waals surface area contributed by atoms with Gasteiger partial charge in [0.25, 0.3) is 0 Å². The van der Waals surface area contributed by atoms with Crippen molar-refractivity contribution in [1.82, 2.24) is 19.5 Å². The zero-order chi connectivity index (χ0) is 23.7. The highest BCUT2D eigenvalue weighted by Crippen LogP contribution is 2.40. The molecule has 12 heteroatoms. The summed E-state index contributed by atoms with van der Waals surface area (Å²) in [5, 5.41) is 17.0. The zero-order valence-corrected chi connectivity index (χ0v) is 20.1. The van der Waals surface area contributed by atoms with Crippen LogP contribution in [0.3, 0.4) is 0 Å². The van der Waals surface area contributed by atoms with Gasteiger partial charge >= 0.3 is 0 Å². The molecule has 2 aromatic heterocycles. The number of benzene rings is 1. The third kappa shape index (κ3) is 5.27. The van der Waals surface area contributed by atoms with Crippen LogP contribution in [0.5, 0.6) is 0 Å². The van der Waals surface area contributed by atoms with Crippen LogP contribution in [0.25, 0.3) is 11.2 Å². The second kappa shape index (κ2) is 9.89. The molecular formula is C21H24Cl3N7O2. The minimum Gasteiger partial charge on any atom is -0.392 e. The lowest BCUT2D eigenvalue weighted by atomic mass is 9.85. The lowest BCUT2D eigenvalue weighted by Gasteiger charge is -2.29. The number of aliphatic hydroxyl groups is 1. The number of hydrogen-bond acceptors (Lipinski definition) is 7. The topological polar surface area (TPSA) is 131 Å². The maximum absolute atomic E-state index is 11.6. The summed E-state index contributed by atoms with van der Waals surface area (Å²) in [4.78, 5) is 25.3. The Bertz CT molecular complexity index is 1150. The van der Waals surface area contributed by atoms with Gasteiger partial charge in [0.15, 0.2) is 5.65 Å². The Morgan fingerprint density at radius 1 is 1.21 bits per heavy atom. The van der Waals surface area contributed by atoms with Crippen molar-refractivity contribution in [3.8, 4) is 0 Å². The van der Waals surface area contributed by atoms with E-state index in [1.54, 1.807) is 25.3 Å². The number of hydrogen-bond donors (Lipinski definition) is 4. The maximum atomic E-state index is 11.6. The molecule has 1 amide bonds. The molecule has 0 unspecified atom stereocenters. The molecule has 5 N–H and O–H groups in total. The van der Waals surface area contributed by atoms with Crippen LogP contribution in [-0.4, -0.2) is 43.2 Å². The average molecular weight is 513 g/mol. The van der Waals surface area contributed by atoms with Crippen molar-refractivity contribution in [3.63, 3.8) is 0 Å². The summed E-state index contributed by atoms with van der Waals surface area (Å²) in [5.41, 5.74) is 7.19. The van der Waals surface area contributed by atoms with E-state index in [1.807, 2.05) is 4.57 Å². The minimum absolute atomic E-state index is 0.0254. The Morgan fingerprint density at radius 3 is 2.48 bits per heavy atom. The van der Waals surface area contributed by atoms with Gasteiger partial charge in [0, 0.05) is 23.5 Å². The van der Waals surface area contributed by atoms with Gasteiger partial charge in [0.1, 0.15) is 5.52 Å². The average Bonchev–Trinajstić information content (AvgIpc) is 3.12. The van der Waals surface area contributed by atoms with Crippen molar-refractivity contribution in [3.05, 3.63) is 33.4 Å². The number of halogens is 3. The molecule has 1 fully saturated rings. The number of amides is 1. The standard InChI is InChI=1S/C21H24Cl3N7O2/c1-10(32)8-26-20-27-9-16-19(30-20)31(13-4-2-11(3-5-13)18(25)33)21(28-16)29-17-14(23)6-12(22)7-15(17)24/h6-7,9-11,13,32H,2-5,8H2,1H3,(H2,25,33)(H,28,29)(H,26,27,30)/t10-,11-,13-/m1/s1. The Kier molecular flexibility index (Phi) is 7.13. The van der Waals surface area contributed by atoms with Crippen LogP contribution in [0.2, 0.25) is 15.1 Å². The van der Waals surface area contributed by atoms with Gasteiger partial charge < -0.3 is 21.5 Å². The number of carbonyl (C=O) groups is 1. The number of rotatable bonds is 7. The normalized spacial score (nSPS) is 19.4. The van der Waals surface area contributed by atoms with E-state index in [1.165, 1.54) is 0 Å². The molecule has 0 radical (unpaired) electrons. The van der Waals surface area contributed by atoms with E-state index in [0.29, 0.717) is 63.2 Å². The number of nitrogens with two attached hydrogens (primary N) is 1. The molecule has 3 aromatic rings. The second-order valence-electron chi connectivity index (χ2n) is 8.22. The van der Waals surface area contributed by atoms with Gasteiger partial charge in [0.2, 0.25) is 17.8 Å². The Hall–Kier alpha value is -2.33. The third-order valence-electron chi connectivity index (χ3n) is 5.70. The highest BCUT2D eigenvalue weighted by molar-refractivity contribution is 6.41. The molecule has 0 bridgehead atoms. The van der Waals surface area contributed by atoms with Crippen LogP contribution in [0.4, 0.5) is 17.6 Å². The Balaban J connectivity index is 1.75. The molecule has 1 aromatic carbocycles. The predicted molar refractivity (Wildman–Crippen MR) is 130 cm³/mol. The van der Waals surface area contributed by atoms with Gasteiger partial charge in [0.05, 0.1) is 28.0 Å². The first-order valence-corrected chi connectivity index (χ1v) is 11.7. The number of primary amides is 1. The summed E-state index contributed by atoms with van der Waals surface area (Å²) < 4.78 is 1.99. The summed E-state index contributed by atoms with van der Waals surface area (Å²) >= 11 is 18.8. The molecule has 33 heavy (non-hydrogen) atoms. The molecule has 1 aliphatic carbocycles. The number of nitrogens with one attached hydrogen (secondary N) is 2. The van der Waals surface area contributed by atoms with E-state index in [2.05, 4.69) is 25.6 Å². The van der Waals surface area contributed by atoms with Crippen molar-refractivity contribution in [2.45, 2.75) is 44.8 Å². The monoisotopic (exact) mass is 511 g/mol. The summed E-state index contributed by atoms with van der Waals surface area (Å²) in [6, 6.07) is 3.22. The molecule has 1 saturated carbocycles. The largest absolute Gasteiger partial charge is 0.392 e. The SMILES string of the molecule is C[C@@H](O)CNc1ncc2nc(Nc3c(Cl)cc(Cl)cc3Cl)n([C@H]3CC[C@H](C(N)=O)CC3)c2n1. The number of carbonyl (C=O) groups excluding carboxylic acids is 1. The van der Waals surface area contributed by atoms with E-state index in [0.717, 1.165) is 12.8 Å². The van der Waals surface area contributed by atoms with Crippen LogP contribution in [0.15, 0.2) is 18.3 Å². The van der Waals surface area contributed by atoms with Gasteiger partial charge in [-0.2, -0.15) is 4.98 Å². The molecule has 1 aliphatic rings. The first-order valence-electron chi connectivity index (χ1n) is 10.6. The quantitative estimate of drug-likeness (QED) is 0.365. The first kappa shape index (κ1) is 23.8. The lowest BCUT2D eigenvalue weighted by molar-refractivity contribution is -0.122. The van der Waals surface area contributed by atoms with Gasteiger partial charge in [-0.3, -0.25) is 9.36 Å². The van der Waals surface area contributed by atoms with Crippen LogP contribution >= 0.6 is 34.8 Å². The van der Waals surface area contributed by atoms with Crippen LogP contribution in [-0.2, 0) is 4.79 Å². The van der Waals surface area contributed by atoms with Gasteiger partial charge in [-0.1, -0.05) is 34.8 Å². The summed E-state index contributed by atoms with van der Waals surface area (Å²) in [5.74, 6) is 0.476. The minimum atomic E-state index is -0.551. The van der Waals surface area contributed by atoms with E-state index in [9.17, 15) is 9.90 Å². The molecule has 1 atom stereocenters. The van der Waals surface area contributed by atoms with Crippen LogP contribution in [0, 0.1) is 5.92 Å². The third-order valence-corrected chi connectivity index (χ3v) is 6.51. The number of imidazole rings is 1. The molecular weight excluding hydrogens is 489 g/mol. The van der Waals surface area contributed by atoms with E-state index in [-0.39, 0.29) is 17.9 Å². The fraction of sp³-hybridized carbons (Fsp3) is 0.429. The lowest BCUT2D eigenvalue weighted by Crippen LogP contribution is -2.28. The van der Waals surface area contributed by atoms with Crippen molar-refractivity contribution in [2.24, 2.45) is 11.7 Å². The summed E-state index contributed by atoms with van der Waals surface area (Å²) in [6.45, 7) is 1.99. The number of anilines is 3. The molecule has 2 heterocycles. The van der Waals surface area contributed by atoms with Crippen molar-refractivity contribution in [1.29, 1.82) is 0 Å². The maximum Gasteiger partial charge on any atom is 0.224 e. The molecule has 4 rings (SSSR count). The summed E-state index contributed by atoms with van der Waals surface area (Å²) in [7, 11) is 0. The molecule has 0 saturated heterocycles. The predicted octanol–water partition coefficient (Wildman–Crippen LogP) is 4.54. The van der Waals surface area contributed by atoms with Gasteiger partial charge in [-0.15, -0.1) is 0 Å². The zero-order valence-electron chi connectivity index (χ0n) is 17.9. The van der Waals surface area contributed by atoms with Crippen molar-refractivity contribution < 1.29 is 9.90 Å². The number of aliphatic hydroxyl groups excluding tert-OH is 1. The number of aromatic nitrogens is 4. The summed E-state index contributed by atoms with van der Waals surface area (Å²) in [6.07, 6.45) is 3.89. The van der Waals surface area contributed by atoms with E-state index < -0.39 is 6.10 Å². The van der Waals surface area contributed by atoms with Crippen LogP contribution < -0.4 is 16.4 Å². The second-order valence-corrected chi connectivity index (χ2v) is 9.47. The number of nitrogens with zero attached hydrogens (tertiary/aromatic N) is 4. The fourth-order valence-corrected chi connectivity index (χ4v) is 4.95. The van der Waals surface area contributed by atoms with Crippen molar-refractivity contribution in [2.75, 3.05) is 17.2 Å². The highest BCUT2D eigenvalue weighted by atomic mass is 35.5. The first-order chi connectivity index (χ1) is 15.7. The van der Waals surface area contributed by atoms with Crippen molar-refractivity contribution >= 4 is 69.5 Å². The van der Waals surface area contributed by atoms with E-state index >= 15 is 0 Å². The Morgan fingerprint density at radius 2 is 1.88 bits per heavy atom. The molecule has 9 nitrogen and oxygen atoms in total.